The van der Waals surface area contributed by atoms with E-state index in [1.807, 2.05) is 36.4 Å². The minimum atomic E-state index is -0.868. The number of aromatic amines is 1. The van der Waals surface area contributed by atoms with Crippen molar-refractivity contribution in [1.82, 2.24) is 15.1 Å². The van der Waals surface area contributed by atoms with Crippen LogP contribution >= 0.6 is 0 Å². The lowest BCUT2D eigenvalue weighted by Gasteiger charge is -2.16. The standard InChI is InChI=1S/C18H21N3O3/c1-21(17(22)14-11-15(14)18(23)24)9-5-8-13-10-16(20-19-13)12-6-3-2-4-7-12/h2-4,6-7,10,14-15H,5,8-9,11H2,1H3,(H,19,20)(H,23,24)/t14-,15-/m0/s1. The Kier molecular flexibility index (Phi) is 4.64. The van der Waals surface area contributed by atoms with Crippen molar-refractivity contribution >= 4 is 11.9 Å². The molecule has 1 aromatic heterocycles. The van der Waals surface area contributed by atoms with Crippen LogP contribution in [0.5, 0.6) is 0 Å². The number of amides is 1. The van der Waals surface area contributed by atoms with Crippen LogP contribution < -0.4 is 0 Å². The second-order valence-corrected chi connectivity index (χ2v) is 6.29. The number of carbonyl (C=O) groups is 2. The zero-order valence-electron chi connectivity index (χ0n) is 13.6. The maximum Gasteiger partial charge on any atom is 0.307 e. The van der Waals surface area contributed by atoms with Gasteiger partial charge in [0, 0.05) is 24.8 Å². The first-order chi connectivity index (χ1) is 11.6. The summed E-state index contributed by atoms with van der Waals surface area (Å²) in [6.45, 7) is 0.612. The smallest absolute Gasteiger partial charge is 0.307 e. The van der Waals surface area contributed by atoms with Crippen LogP contribution in [0.25, 0.3) is 11.3 Å². The Labute approximate surface area is 140 Å². The highest BCUT2D eigenvalue weighted by Crippen LogP contribution is 2.39. The van der Waals surface area contributed by atoms with Crippen molar-refractivity contribution < 1.29 is 14.7 Å². The number of carbonyl (C=O) groups excluding carboxylic acids is 1. The molecule has 0 saturated heterocycles. The number of aliphatic carboxylic acids is 1. The van der Waals surface area contributed by atoms with Crippen molar-refractivity contribution in [3.63, 3.8) is 0 Å². The van der Waals surface area contributed by atoms with E-state index in [-0.39, 0.29) is 11.8 Å². The number of H-pyrrole nitrogens is 1. The molecule has 1 aliphatic rings. The Bertz CT molecular complexity index is 726. The topological polar surface area (TPSA) is 86.3 Å². The number of hydrogen-bond donors (Lipinski definition) is 2. The van der Waals surface area contributed by atoms with Gasteiger partial charge in [0.05, 0.1) is 17.5 Å². The van der Waals surface area contributed by atoms with Crippen LogP contribution in [0, 0.1) is 11.8 Å². The number of nitrogens with one attached hydrogen (secondary N) is 1. The fourth-order valence-corrected chi connectivity index (χ4v) is 2.89. The minimum Gasteiger partial charge on any atom is -0.481 e. The van der Waals surface area contributed by atoms with Gasteiger partial charge >= 0.3 is 5.97 Å². The molecule has 6 heteroatoms. The monoisotopic (exact) mass is 327 g/mol. The van der Waals surface area contributed by atoms with E-state index in [2.05, 4.69) is 10.2 Å². The van der Waals surface area contributed by atoms with Crippen LogP contribution in [0.3, 0.4) is 0 Å². The molecule has 1 heterocycles. The molecular weight excluding hydrogens is 306 g/mol. The van der Waals surface area contributed by atoms with Gasteiger partial charge in [-0.05, 0) is 25.3 Å². The predicted octanol–water partition coefficient (Wildman–Crippen LogP) is 2.19. The van der Waals surface area contributed by atoms with E-state index < -0.39 is 11.9 Å². The summed E-state index contributed by atoms with van der Waals surface area (Å²) in [6, 6.07) is 12.0. The van der Waals surface area contributed by atoms with Crippen molar-refractivity contribution in [2.75, 3.05) is 13.6 Å². The summed E-state index contributed by atoms with van der Waals surface area (Å²) in [4.78, 5) is 24.6. The van der Waals surface area contributed by atoms with Crippen molar-refractivity contribution in [2.45, 2.75) is 19.3 Å². The molecule has 1 amide bonds. The highest BCUT2D eigenvalue weighted by Gasteiger charge is 2.49. The summed E-state index contributed by atoms with van der Waals surface area (Å²) in [5, 5.41) is 16.2. The molecule has 1 fully saturated rings. The van der Waals surface area contributed by atoms with Gasteiger partial charge < -0.3 is 10.0 Å². The number of hydrogen-bond acceptors (Lipinski definition) is 3. The highest BCUT2D eigenvalue weighted by molar-refractivity contribution is 5.89. The summed E-state index contributed by atoms with van der Waals surface area (Å²) in [5.41, 5.74) is 3.02. The molecule has 1 aromatic carbocycles. The second-order valence-electron chi connectivity index (χ2n) is 6.29. The first-order valence-electron chi connectivity index (χ1n) is 8.13. The molecule has 0 unspecified atom stereocenters. The van der Waals surface area contributed by atoms with Gasteiger partial charge in [0.15, 0.2) is 0 Å². The highest BCUT2D eigenvalue weighted by atomic mass is 16.4. The first-order valence-corrected chi connectivity index (χ1v) is 8.13. The van der Waals surface area contributed by atoms with E-state index in [0.717, 1.165) is 29.8 Å². The third-order valence-corrected chi connectivity index (χ3v) is 4.44. The number of aromatic nitrogens is 2. The first kappa shape index (κ1) is 16.2. The Balaban J connectivity index is 1.46. The molecule has 0 bridgehead atoms. The van der Waals surface area contributed by atoms with Crippen molar-refractivity contribution in [1.29, 1.82) is 0 Å². The Morgan fingerprint density at radius 1 is 1.29 bits per heavy atom. The lowest BCUT2D eigenvalue weighted by Crippen LogP contribution is -2.30. The summed E-state index contributed by atoms with van der Waals surface area (Å²) in [5.74, 6) is -1.74. The molecule has 2 aromatic rings. The Morgan fingerprint density at radius 2 is 2.04 bits per heavy atom. The van der Waals surface area contributed by atoms with E-state index in [1.54, 1.807) is 11.9 Å². The molecule has 6 nitrogen and oxygen atoms in total. The Hall–Kier alpha value is -2.63. The van der Waals surface area contributed by atoms with Crippen LogP contribution in [0.2, 0.25) is 0 Å². The molecule has 126 valence electrons. The average molecular weight is 327 g/mol. The number of nitrogens with zero attached hydrogens (tertiary/aromatic N) is 2. The quantitative estimate of drug-likeness (QED) is 0.816. The lowest BCUT2D eigenvalue weighted by molar-refractivity contribution is -0.141. The number of aryl methyl sites for hydroxylation is 1. The molecular formula is C18H21N3O3. The minimum absolute atomic E-state index is 0.0583. The number of carboxylic acid groups (broad SMARTS) is 1. The molecule has 2 atom stereocenters. The zero-order chi connectivity index (χ0) is 17.1. The van der Waals surface area contributed by atoms with E-state index >= 15 is 0 Å². The van der Waals surface area contributed by atoms with Gasteiger partial charge in [-0.15, -0.1) is 0 Å². The zero-order valence-corrected chi connectivity index (χ0v) is 13.6. The van der Waals surface area contributed by atoms with Gasteiger partial charge in [-0.2, -0.15) is 5.10 Å². The van der Waals surface area contributed by atoms with Gasteiger partial charge in [0.2, 0.25) is 5.91 Å². The van der Waals surface area contributed by atoms with Crippen LogP contribution in [0.1, 0.15) is 18.5 Å². The van der Waals surface area contributed by atoms with Gasteiger partial charge in [0.25, 0.3) is 0 Å². The van der Waals surface area contributed by atoms with Gasteiger partial charge in [-0.3, -0.25) is 14.7 Å². The molecule has 3 rings (SSSR count). The van der Waals surface area contributed by atoms with E-state index in [0.29, 0.717) is 13.0 Å². The maximum atomic E-state index is 12.1. The summed E-state index contributed by atoms with van der Waals surface area (Å²) < 4.78 is 0. The van der Waals surface area contributed by atoms with Crippen molar-refractivity contribution in [3.05, 3.63) is 42.1 Å². The SMILES string of the molecule is CN(CCCc1cc(-c2ccccc2)n[nH]1)C(=O)[C@H]1C[C@@H]1C(=O)O. The molecule has 0 spiro atoms. The number of benzene rings is 1. The number of rotatable bonds is 7. The maximum absolute atomic E-state index is 12.1. The van der Waals surface area contributed by atoms with Crippen LogP contribution in [-0.4, -0.2) is 45.7 Å². The van der Waals surface area contributed by atoms with Gasteiger partial charge in [-0.1, -0.05) is 30.3 Å². The van der Waals surface area contributed by atoms with Crippen LogP contribution in [0.4, 0.5) is 0 Å². The second kappa shape index (κ2) is 6.86. The fraction of sp³-hybridized carbons (Fsp3) is 0.389. The van der Waals surface area contributed by atoms with Crippen molar-refractivity contribution in [3.8, 4) is 11.3 Å². The molecule has 0 radical (unpaired) electrons. The molecule has 2 N–H and O–H groups in total. The van der Waals surface area contributed by atoms with Crippen LogP contribution in [-0.2, 0) is 16.0 Å². The summed E-state index contributed by atoms with van der Waals surface area (Å²) >= 11 is 0. The van der Waals surface area contributed by atoms with E-state index in [1.165, 1.54) is 0 Å². The lowest BCUT2D eigenvalue weighted by atomic mass is 10.1. The van der Waals surface area contributed by atoms with Gasteiger partial charge in [-0.25, -0.2) is 0 Å². The molecule has 0 aliphatic heterocycles. The predicted molar refractivity (Wildman–Crippen MR) is 89.2 cm³/mol. The third kappa shape index (κ3) is 3.64. The van der Waals surface area contributed by atoms with E-state index in [4.69, 9.17) is 5.11 Å². The normalized spacial score (nSPS) is 19.0. The number of carboxylic acids is 1. The average Bonchev–Trinajstić information content (AvgIpc) is 3.26. The molecule has 1 saturated carbocycles. The summed E-state index contributed by atoms with van der Waals surface area (Å²) in [7, 11) is 1.74. The fourth-order valence-electron chi connectivity index (χ4n) is 2.89. The van der Waals surface area contributed by atoms with Crippen LogP contribution in [0.15, 0.2) is 36.4 Å². The van der Waals surface area contributed by atoms with Gasteiger partial charge in [0.1, 0.15) is 0 Å². The molecule has 24 heavy (non-hydrogen) atoms. The third-order valence-electron chi connectivity index (χ3n) is 4.44. The van der Waals surface area contributed by atoms with E-state index in [9.17, 15) is 9.59 Å². The molecule has 1 aliphatic carbocycles. The largest absolute Gasteiger partial charge is 0.481 e. The summed E-state index contributed by atoms with van der Waals surface area (Å²) in [6.07, 6.45) is 2.08. The Morgan fingerprint density at radius 3 is 2.71 bits per heavy atom. The van der Waals surface area contributed by atoms with Crippen molar-refractivity contribution in [2.24, 2.45) is 11.8 Å².